The van der Waals surface area contributed by atoms with E-state index in [2.05, 4.69) is 10.3 Å². The van der Waals surface area contributed by atoms with Crippen LogP contribution >= 0.6 is 0 Å². The Morgan fingerprint density at radius 3 is 2.95 bits per heavy atom. The van der Waals surface area contributed by atoms with Crippen LogP contribution in [0.2, 0.25) is 0 Å². The predicted molar refractivity (Wildman–Crippen MR) is 71.2 cm³/mol. The zero-order chi connectivity index (χ0) is 13.7. The molecule has 1 heterocycles. The van der Waals surface area contributed by atoms with Crippen molar-refractivity contribution in [2.75, 3.05) is 12.4 Å². The number of rotatable bonds is 5. The molecule has 6 heteroatoms. The number of hydrogen-bond acceptors (Lipinski definition) is 5. The van der Waals surface area contributed by atoms with Crippen molar-refractivity contribution in [1.29, 1.82) is 0 Å². The lowest BCUT2D eigenvalue weighted by Gasteiger charge is -2.07. The molecule has 0 saturated heterocycles. The number of pyridine rings is 1. The van der Waals surface area contributed by atoms with Crippen LogP contribution in [-0.2, 0) is 6.54 Å². The van der Waals surface area contributed by atoms with Crippen molar-refractivity contribution in [2.24, 2.45) is 0 Å². The molecule has 2 rings (SSSR count). The van der Waals surface area contributed by atoms with Crippen molar-refractivity contribution in [2.45, 2.75) is 6.54 Å². The van der Waals surface area contributed by atoms with Crippen molar-refractivity contribution >= 4 is 11.4 Å². The molecule has 0 saturated carbocycles. The Balaban J connectivity index is 2.05. The van der Waals surface area contributed by atoms with Gasteiger partial charge in [0.2, 0.25) is 5.88 Å². The number of ether oxygens (including phenoxy) is 1. The number of nitrogens with zero attached hydrogens (tertiary/aromatic N) is 2. The molecule has 0 amide bonds. The number of benzene rings is 1. The molecule has 0 spiro atoms. The zero-order valence-electron chi connectivity index (χ0n) is 10.4. The second-order valence-electron chi connectivity index (χ2n) is 3.87. The van der Waals surface area contributed by atoms with Gasteiger partial charge in [-0.1, -0.05) is 12.1 Å². The first kappa shape index (κ1) is 12.8. The molecule has 0 atom stereocenters. The third kappa shape index (κ3) is 3.41. The lowest BCUT2D eigenvalue weighted by Crippen LogP contribution is -2.00. The molecule has 2 aromatic rings. The molecule has 1 aromatic heterocycles. The van der Waals surface area contributed by atoms with Crippen molar-refractivity contribution in [3.05, 3.63) is 58.3 Å². The molecular formula is C13H13N3O3. The fourth-order valence-electron chi connectivity index (χ4n) is 1.62. The number of nitro benzene ring substituents is 1. The molecule has 98 valence electrons. The van der Waals surface area contributed by atoms with Gasteiger partial charge < -0.3 is 10.1 Å². The first-order chi connectivity index (χ1) is 9.19. The van der Waals surface area contributed by atoms with Gasteiger partial charge in [0.1, 0.15) is 0 Å². The lowest BCUT2D eigenvalue weighted by molar-refractivity contribution is -0.384. The van der Waals surface area contributed by atoms with Crippen LogP contribution in [0.5, 0.6) is 5.88 Å². The average molecular weight is 259 g/mol. The summed E-state index contributed by atoms with van der Waals surface area (Å²) < 4.78 is 5.02. The fourth-order valence-corrected chi connectivity index (χ4v) is 1.62. The maximum Gasteiger partial charge on any atom is 0.269 e. The molecule has 0 aliphatic carbocycles. The monoisotopic (exact) mass is 259 g/mol. The van der Waals surface area contributed by atoms with Crippen LogP contribution in [0.15, 0.2) is 42.6 Å². The molecule has 19 heavy (non-hydrogen) atoms. The van der Waals surface area contributed by atoms with Crippen molar-refractivity contribution in [3.8, 4) is 5.88 Å². The molecule has 0 bridgehead atoms. The topological polar surface area (TPSA) is 77.3 Å². The van der Waals surface area contributed by atoms with Crippen LogP contribution in [0.25, 0.3) is 0 Å². The average Bonchev–Trinajstić information content (AvgIpc) is 2.45. The summed E-state index contributed by atoms with van der Waals surface area (Å²) in [5, 5.41) is 13.8. The summed E-state index contributed by atoms with van der Waals surface area (Å²) >= 11 is 0. The van der Waals surface area contributed by atoms with E-state index < -0.39 is 4.92 Å². The maximum absolute atomic E-state index is 10.7. The highest BCUT2D eigenvalue weighted by molar-refractivity contribution is 5.46. The van der Waals surface area contributed by atoms with Gasteiger partial charge in [0.05, 0.1) is 12.0 Å². The Morgan fingerprint density at radius 1 is 1.37 bits per heavy atom. The van der Waals surface area contributed by atoms with Gasteiger partial charge in [-0.15, -0.1) is 0 Å². The highest BCUT2D eigenvalue weighted by atomic mass is 16.6. The largest absolute Gasteiger partial charge is 0.481 e. The Morgan fingerprint density at radius 2 is 2.21 bits per heavy atom. The second kappa shape index (κ2) is 5.81. The van der Waals surface area contributed by atoms with E-state index in [0.717, 1.165) is 11.3 Å². The molecule has 0 radical (unpaired) electrons. The van der Waals surface area contributed by atoms with Crippen molar-refractivity contribution in [1.82, 2.24) is 4.98 Å². The van der Waals surface area contributed by atoms with E-state index in [0.29, 0.717) is 12.4 Å². The van der Waals surface area contributed by atoms with Gasteiger partial charge in [-0.2, -0.15) is 0 Å². The normalized spacial score (nSPS) is 9.95. The Labute approximate surface area is 110 Å². The van der Waals surface area contributed by atoms with Crippen LogP contribution in [0, 0.1) is 10.1 Å². The summed E-state index contributed by atoms with van der Waals surface area (Å²) in [4.78, 5) is 14.3. The number of hydrogen-bond donors (Lipinski definition) is 1. The third-order valence-electron chi connectivity index (χ3n) is 2.56. The van der Waals surface area contributed by atoms with E-state index in [1.165, 1.54) is 6.07 Å². The van der Waals surface area contributed by atoms with Crippen LogP contribution in [-0.4, -0.2) is 17.0 Å². The third-order valence-corrected chi connectivity index (χ3v) is 2.56. The summed E-state index contributed by atoms with van der Waals surface area (Å²) in [5.41, 5.74) is 1.77. The summed E-state index contributed by atoms with van der Waals surface area (Å²) in [7, 11) is 1.55. The number of aromatic nitrogens is 1. The summed E-state index contributed by atoms with van der Waals surface area (Å²) in [6.45, 7) is 0.495. The molecule has 1 aromatic carbocycles. The molecule has 0 unspecified atom stereocenters. The Kier molecular flexibility index (Phi) is 3.92. The van der Waals surface area contributed by atoms with E-state index >= 15 is 0 Å². The first-order valence-electron chi connectivity index (χ1n) is 5.66. The standard InChI is InChI=1S/C13H13N3O3/c1-19-13-8-11(5-6-14-13)15-9-10-3-2-4-12(7-10)16(17)18/h2-8H,9H2,1H3,(H,14,15). The summed E-state index contributed by atoms with van der Waals surface area (Å²) in [5.74, 6) is 0.518. The molecule has 6 nitrogen and oxygen atoms in total. The van der Waals surface area contributed by atoms with Crippen molar-refractivity contribution in [3.63, 3.8) is 0 Å². The number of nitro groups is 1. The smallest absolute Gasteiger partial charge is 0.269 e. The van der Waals surface area contributed by atoms with Gasteiger partial charge in [-0.05, 0) is 11.6 Å². The lowest BCUT2D eigenvalue weighted by atomic mass is 10.2. The van der Waals surface area contributed by atoms with E-state index in [1.54, 1.807) is 37.6 Å². The molecule has 0 aliphatic rings. The van der Waals surface area contributed by atoms with Crippen LogP contribution in [0.4, 0.5) is 11.4 Å². The van der Waals surface area contributed by atoms with Crippen molar-refractivity contribution < 1.29 is 9.66 Å². The van der Waals surface area contributed by atoms with E-state index in [1.807, 2.05) is 6.07 Å². The SMILES string of the molecule is COc1cc(NCc2cccc([N+](=O)[O-])c2)ccn1. The Bertz CT molecular complexity index is 587. The minimum atomic E-state index is -0.404. The second-order valence-corrected chi connectivity index (χ2v) is 3.87. The quantitative estimate of drug-likeness (QED) is 0.659. The number of methoxy groups -OCH3 is 1. The molecular weight excluding hydrogens is 246 g/mol. The predicted octanol–water partition coefficient (Wildman–Crippen LogP) is 2.61. The molecule has 0 aliphatic heterocycles. The van der Waals surface area contributed by atoms with Gasteiger partial charge >= 0.3 is 0 Å². The summed E-state index contributed by atoms with van der Waals surface area (Å²) in [6, 6.07) is 10.1. The van der Waals surface area contributed by atoms with Crippen LogP contribution in [0.3, 0.4) is 0 Å². The van der Waals surface area contributed by atoms with Gasteiger partial charge in [0.25, 0.3) is 5.69 Å². The highest BCUT2D eigenvalue weighted by Gasteiger charge is 2.05. The van der Waals surface area contributed by atoms with Gasteiger partial charge in [-0.3, -0.25) is 10.1 Å². The first-order valence-corrected chi connectivity index (χ1v) is 5.66. The minimum absolute atomic E-state index is 0.0895. The summed E-state index contributed by atoms with van der Waals surface area (Å²) in [6.07, 6.45) is 1.63. The minimum Gasteiger partial charge on any atom is -0.481 e. The number of nitrogens with one attached hydrogen (secondary N) is 1. The molecule has 1 N–H and O–H groups in total. The fraction of sp³-hybridized carbons (Fsp3) is 0.154. The number of anilines is 1. The highest BCUT2D eigenvalue weighted by Crippen LogP contribution is 2.17. The van der Waals surface area contributed by atoms with Gasteiger partial charge in [0, 0.05) is 36.6 Å². The maximum atomic E-state index is 10.7. The van der Waals surface area contributed by atoms with Crippen LogP contribution in [0.1, 0.15) is 5.56 Å². The van der Waals surface area contributed by atoms with E-state index in [-0.39, 0.29) is 5.69 Å². The number of non-ortho nitro benzene ring substituents is 1. The van der Waals surface area contributed by atoms with E-state index in [4.69, 9.17) is 4.74 Å². The molecule has 0 fully saturated rings. The van der Waals surface area contributed by atoms with Crippen LogP contribution < -0.4 is 10.1 Å². The van der Waals surface area contributed by atoms with E-state index in [9.17, 15) is 10.1 Å². The Hall–Kier alpha value is -2.63. The van der Waals surface area contributed by atoms with Gasteiger partial charge in [0.15, 0.2) is 0 Å². The van der Waals surface area contributed by atoms with Gasteiger partial charge in [-0.25, -0.2) is 4.98 Å². The zero-order valence-corrected chi connectivity index (χ0v) is 10.4.